The molecule has 2 aliphatic rings. The van der Waals surface area contributed by atoms with Crippen molar-refractivity contribution in [3.05, 3.63) is 53.4 Å². The van der Waals surface area contributed by atoms with Crippen molar-refractivity contribution >= 4 is 16.8 Å². The molecular weight excluding hydrogens is 310 g/mol. The highest BCUT2D eigenvalue weighted by Gasteiger charge is 2.17. The molecule has 4 nitrogen and oxygen atoms in total. The number of fused-ring (bicyclic) bond motifs is 1. The smallest absolute Gasteiger partial charge is 0.155 e. The van der Waals surface area contributed by atoms with Gasteiger partial charge in [-0.2, -0.15) is 0 Å². The lowest BCUT2D eigenvalue weighted by molar-refractivity contribution is -0.113. The molecule has 4 heteroatoms. The van der Waals surface area contributed by atoms with Gasteiger partial charge in [-0.25, -0.2) is 4.98 Å². The fraction of sp³-hybridized carbons (Fsp3) is 0.429. The van der Waals surface area contributed by atoms with Crippen LogP contribution in [0.5, 0.6) is 0 Å². The first-order chi connectivity index (χ1) is 12.2. The van der Waals surface area contributed by atoms with Crippen molar-refractivity contribution in [3.63, 3.8) is 0 Å². The van der Waals surface area contributed by atoms with Crippen LogP contribution in [-0.4, -0.2) is 28.4 Å². The summed E-state index contributed by atoms with van der Waals surface area (Å²) >= 11 is 0. The van der Waals surface area contributed by atoms with Crippen LogP contribution < -0.4 is 5.32 Å². The maximum atomic E-state index is 11.4. The number of carbonyl (C=O) groups excluding carboxylic acids is 1. The molecule has 0 amide bonds. The lowest BCUT2D eigenvalue weighted by Gasteiger charge is -2.22. The molecule has 130 valence electrons. The molecule has 0 saturated carbocycles. The quantitative estimate of drug-likeness (QED) is 0.926. The molecule has 2 aromatic rings. The summed E-state index contributed by atoms with van der Waals surface area (Å²) in [5, 5.41) is 4.65. The minimum absolute atomic E-state index is 0.189. The standard InChI is InChI=1S/C21H25N3O/c1-15(25)17-4-2-16(3-5-17)14-24-11-8-19-12-20(13-23-21(19)24)18-6-9-22-10-7-18/h2,4,8,11-13,18,22H,3,5-7,9-10,14H2,1H3. The highest BCUT2D eigenvalue weighted by atomic mass is 16.1. The molecule has 1 N–H and O–H groups in total. The minimum atomic E-state index is 0.189. The molecule has 1 aliphatic carbocycles. The average Bonchev–Trinajstić information content (AvgIpc) is 3.05. The van der Waals surface area contributed by atoms with Gasteiger partial charge >= 0.3 is 0 Å². The van der Waals surface area contributed by atoms with Crippen molar-refractivity contribution in [2.75, 3.05) is 13.1 Å². The van der Waals surface area contributed by atoms with Gasteiger partial charge in [-0.3, -0.25) is 4.79 Å². The third-order valence-corrected chi connectivity index (χ3v) is 5.49. The van der Waals surface area contributed by atoms with E-state index in [0.717, 1.165) is 43.7 Å². The average molecular weight is 335 g/mol. The first-order valence-electron chi connectivity index (χ1n) is 9.26. The van der Waals surface area contributed by atoms with E-state index >= 15 is 0 Å². The van der Waals surface area contributed by atoms with E-state index in [9.17, 15) is 4.79 Å². The van der Waals surface area contributed by atoms with Crippen molar-refractivity contribution < 1.29 is 4.79 Å². The monoisotopic (exact) mass is 335 g/mol. The zero-order chi connectivity index (χ0) is 17.2. The second-order valence-electron chi connectivity index (χ2n) is 7.22. The molecular formula is C21H25N3O. The third kappa shape index (κ3) is 3.45. The van der Waals surface area contributed by atoms with Gasteiger partial charge in [-0.1, -0.05) is 17.7 Å². The van der Waals surface area contributed by atoms with Gasteiger partial charge in [0, 0.05) is 24.3 Å². The Balaban J connectivity index is 1.54. The van der Waals surface area contributed by atoms with Gasteiger partial charge in [-0.05, 0) is 74.9 Å². The van der Waals surface area contributed by atoms with Crippen molar-refractivity contribution in [2.45, 2.75) is 45.1 Å². The van der Waals surface area contributed by atoms with Crippen LogP contribution in [0.25, 0.3) is 11.0 Å². The fourth-order valence-corrected chi connectivity index (χ4v) is 3.93. The number of nitrogens with zero attached hydrogens (tertiary/aromatic N) is 2. The third-order valence-electron chi connectivity index (χ3n) is 5.49. The van der Waals surface area contributed by atoms with Crippen LogP contribution in [0, 0.1) is 0 Å². The van der Waals surface area contributed by atoms with E-state index in [1.165, 1.54) is 29.4 Å². The number of ketones is 1. The summed E-state index contributed by atoms with van der Waals surface area (Å²) in [6.07, 6.45) is 12.5. The van der Waals surface area contributed by atoms with Crippen molar-refractivity contribution in [1.82, 2.24) is 14.9 Å². The van der Waals surface area contributed by atoms with E-state index in [-0.39, 0.29) is 5.78 Å². The Labute approximate surface area is 148 Å². The number of aromatic nitrogens is 2. The maximum Gasteiger partial charge on any atom is 0.155 e. The predicted octanol–water partition coefficient (Wildman–Crippen LogP) is 3.74. The first kappa shape index (κ1) is 16.3. The van der Waals surface area contributed by atoms with Gasteiger partial charge in [0.2, 0.25) is 0 Å². The molecule has 0 spiro atoms. The zero-order valence-corrected chi connectivity index (χ0v) is 14.8. The predicted molar refractivity (Wildman–Crippen MR) is 101 cm³/mol. The molecule has 0 unspecified atom stereocenters. The maximum absolute atomic E-state index is 11.4. The largest absolute Gasteiger partial charge is 0.328 e. The molecule has 1 saturated heterocycles. The van der Waals surface area contributed by atoms with Crippen LogP contribution in [0.4, 0.5) is 0 Å². The number of piperidine rings is 1. The van der Waals surface area contributed by atoms with Gasteiger partial charge in [0.25, 0.3) is 0 Å². The summed E-state index contributed by atoms with van der Waals surface area (Å²) in [6.45, 7) is 4.71. The van der Waals surface area contributed by atoms with Crippen LogP contribution in [0.3, 0.4) is 0 Å². The highest BCUT2D eigenvalue weighted by molar-refractivity contribution is 5.93. The van der Waals surface area contributed by atoms with Crippen LogP contribution >= 0.6 is 0 Å². The Bertz CT molecular complexity index is 853. The summed E-state index contributed by atoms with van der Waals surface area (Å²) in [5.41, 5.74) is 4.72. The van der Waals surface area contributed by atoms with E-state index in [4.69, 9.17) is 4.98 Å². The van der Waals surface area contributed by atoms with Crippen LogP contribution in [0.2, 0.25) is 0 Å². The molecule has 3 heterocycles. The van der Waals surface area contributed by atoms with Gasteiger partial charge in [0.15, 0.2) is 5.78 Å². The number of pyridine rings is 1. The normalized spacial score (nSPS) is 18.9. The SMILES string of the molecule is CC(=O)C1=CC=C(Cn2ccc3cc(C4CCNCC4)cnc32)CC1. The summed E-state index contributed by atoms with van der Waals surface area (Å²) in [7, 11) is 0. The van der Waals surface area contributed by atoms with E-state index < -0.39 is 0 Å². The van der Waals surface area contributed by atoms with E-state index in [2.05, 4.69) is 40.5 Å². The zero-order valence-electron chi connectivity index (χ0n) is 14.8. The Morgan fingerprint density at radius 3 is 2.84 bits per heavy atom. The summed E-state index contributed by atoms with van der Waals surface area (Å²) < 4.78 is 2.22. The van der Waals surface area contributed by atoms with Crippen LogP contribution in [0.15, 0.2) is 47.8 Å². The Morgan fingerprint density at radius 1 is 1.28 bits per heavy atom. The Morgan fingerprint density at radius 2 is 2.12 bits per heavy atom. The number of rotatable bonds is 4. The van der Waals surface area contributed by atoms with Crippen molar-refractivity contribution in [3.8, 4) is 0 Å². The summed E-state index contributed by atoms with van der Waals surface area (Å²) in [4.78, 5) is 16.2. The van der Waals surface area contributed by atoms with Gasteiger partial charge in [0.1, 0.15) is 5.65 Å². The second-order valence-corrected chi connectivity index (χ2v) is 7.22. The number of Topliss-reactive ketones (excluding diaryl/α,β-unsaturated/α-hetero) is 1. The topological polar surface area (TPSA) is 46.9 Å². The lowest BCUT2D eigenvalue weighted by atomic mass is 9.91. The second kappa shape index (κ2) is 6.96. The number of hydrogen-bond acceptors (Lipinski definition) is 3. The molecule has 1 aliphatic heterocycles. The molecule has 0 atom stereocenters. The minimum Gasteiger partial charge on any atom is -0.328 e. The number of nitrogens with one attached hydrogen (secondary N) is 1. The lowest BCUT2D eigenvalue weighted by Crippen LogP contribution is -2.26. The molecule has 1 fully saturated rings. The van der Waals surface area contributed by atoms with Crippen molar-refractivity contribution in [1.29, 1.82) is 0 Å². The molecule has 0 aromatic carbocycles. The van der Waals surface area contributed by atoms with E-state index in [1.54, 1.807) is 6.92 Å². The fourth-order valence-electron chi connectivity index (χ4n) is 3.93. The molecule has 0 bridgehead atoms. The molecule has 4 rings (SSSR count). The van der Waals surface area contributed by atoms with Crippen LogP contribution in [-0.2, 0) is 11.3 Å². The van der Waals surface area contributed by atoms with Gasteiger partial charge in [-0.15, -0.1) is 0 Å². The molecule has 2 aromatic heterocycles. The van der Waals surface area contributed by atoms with E-state index in [0.29, 0.717) is 5.92 Å². The first-order valence-corrected chi connectivity index (χ1v) is 9.26. The summed E-state index contributed by atoms with van der Waals surface area (Å²) in [5.74, 6) is 0.825. The number of hydrogen-bond donors (Lipinski definition) is 1. The Hall–Kier alpha value is -2.20. The number of carbonyl (C=O) groups is 1. The van der Waals surface area contributed by atoms with Gasteiger partial charge < -0.3 is 9.88 Å². The summed E-state index contributed by atoms with van der Waals surface area (Å²) in [6, 6.07) is 4.49. The molecule has 0 radical (unpaired) electrons. The van der Waals surface area contributed by atoms with Crippen LogP contribution in [0.1, 0.15) is 44.1 Å². The van der Waals surface area contributed by atoms with E-state index in [1.807, 2.05) is 6.08 Å². The highest BCUT2D eigenvalue weighted by Crippen LogP contribution is 2.28. The van der Waals surface area contributed by atoms with Crippen molar-refractivity contribution in [2.24, 2.45) is 0 Å². The number of allylic oxidation sites excluding steroid dienone is 4. The molecule has 25 heavy (non-hydrogen) atoms. The van der Waals surface area contributed by atoms with Gasteiger partial charge in [0.05, 0.1) is 0 Å². The Kier molecular flexibility index (Phi) is 4.53.